The molecule has 1 fully saturated rings. The lowest BCUT2D eigenvalue weighted by atomic mass is 10.3. The van der Waals surface area contributed by atoms with Crippen molar-refractivity contribution in [3.8, 4) is 0 Å². The fourth-order valence-electron chi connectivity index (χ4n) is 3.45. The number of piperazine rings is 1. The summed E-state index contributed by atoms with van der Waals surface area (Å²) in [6, 6.07) is 5.69. The van der Waals surface area contributed by atoms with Gasteiger partial charge in [0.05, 0.1) is 0 Å². The molecular formula is C19H23N7O3S. The standard InChI is InChI=1S/C19H23N7O3S/c1-13-4-5-20-16(10-13)23-17-11-18(22-12-21-17)25-6-8-26(9-7-25)30(27,28)19-14(2)24-29-15(19)3/h4-5,10-12H,6-9H2,1-3H3,(H,20,21,22,23). The molecule has 0 atom stereocenters. The summed E-state index contributed by atoms with van der Waals surface area (Å²) in [6.45, 7) is 6.97. The predicted molar refractivity (Wildman–Crippen MR) is 111 cm³/mol. The SMILES string of the molecule is Cc1ccnc(Nc2cc(N3CCN(S(=O)(=O)c4c(C)noc4C)CC3)ncn2)c1. The Labute approximate surface area is 175 Å². The smallest absolute Gasteiger partial charge is 0.248 e. The van der Waals surface area contributed by atoms with Crippen LogP contribution in [-0.4, -0.2) is 59.0 Å². The largest absolute Gasteiger partial charge is 0.360 e. The van der Waals surface area contributed by atoms with Crippen LogP contribution in [0.15, 0.2) is 40.1 Å². The Morgan fingerprint density at radius 1 is 1.00 bits per heavy atom. The first-order valence-corrected chi connectivity index (χ1v) is 11.0. The van der Waals surface area contributed by atoms with E-state index in [1.807, 2.05) is 30.0 Å². The zero-order valence-electron chi connectivity index (χ0n) is 17.0. The van der Waals surface area contributed by atoms with Crippen LogP contribution in [-0.2, 0) is 10.0 Å². The minimum Gasteiger partial charge on any atom is -0.360 e. The average molecular weight is 430 g/mol. The van der Waals surface area contributed by atoms with Gasteiger partial charge < -0.3 is 14.7 Å². The number of hydrogen-bond acceptors (Lipinski definition) is 9. The van der Waals surface area contributed by atoms with Crippen molar-refractivity contribution in [2.75, 3.05) is 36.4 Å². The number of nitrogens with one attached hydrogen (secondary N) is 1. The van der Waals surface area contributed by atoms with Crippen molar-refractivity contribution in [2.45, 2.75) is 25.7 Å². The van der Waals surface area contributed by atoms with Gasteiger partial charge in [-0.25, -0.2) is 23.4 Å². The molecular weight excluding hydrogens is 406 g/mol. The molecule has 1 N–H and O–H groups in total. The van der Waals surface area contributed by atoms with Gasteiger partial charge >= 0.3 is 0 Å². The summed E-state index contributed by atoms with van der Waals surface area (Å²) >= 11 is 0. The summed E-state index contributed by atoms with van der Waals surface area (Å²) in [7, 11) is -3.64. The second-order valence-electron chi connectivity index (χ2n) is 7.15. The van der Waals surface area contributed by atoms with E-state index in [-0.39, 0.29) is 4.90 Å². The summed E-state index contributed by atoms with van der Waals surface area (Å²) in [5.74, 6) is 2.37. The van der Waals surface area contributed by atoms with Gasteiger partial charge in [-0.3, -0.25) is 0 Å². The first-order valence-electron chi connectivity index (χ1n) is 9.54. The van der Waals surface area contributed by atoms with Gasteiger partial charge in [-0.1, -0.05) is 5.16 Å². The summed E-state index contributed by atoms with van der Waals surface area (Å²) in [5, 5.41) is 6.94. The molecule has 0 aliphatic carbocycles. The molecule has 158 valence electrons. The Kier molecular flexibility index (Phi) is 5.39. The molecule has 3 aromatic heterocycles. The Hall–Kier alpha value is -3.05. The van der Waals surface area contributed by atoms with Crippen molar-refractivity contribution in [3.05, 3.63) is 47.7 Å². The summed E-state index contributed by atoms with van der Waals surface area (Å²) in [5.41, 5.74) is 1.48. The molecule has 30 heavy (non-hydrogen) atoms. The molecule has 1 saturated heterocycles. The van der Waals surface area contributed by atoms with Crippen LogP contribution >= 0.6 is 0 Å². The lowest BCUT2D eigenvalue weighted by Gasteiger charge is -2.34. The number of rotatable bonds is 5. The van der Waals surface area contributed by atoms with Crippen molar-refractivity contribution in [2.24, 2.45) is 0 Å². The zero-order valence-corrected chi connectivity index (χ0v) is 17.8. The van der Waals surface area contributed by atoms with Crippen molar-refractivity contribution in [1.29, 1.82) is 0 Å². The van der Waals surface area contributed by atoms with Crippen LogP contribution in [0, 0.1) is 20.8 Å². The van der Waals surface area contributed by atoms with E-state index in [1.165, 1.54) is 10.6 Å². The monoisotopic (exact) mass is 429 g/mol. The summed E-state index contributed by atoms with van der Waals surface area (Å²) in [4.78, 5) is 15.1. The van der Waals surface area contributed by atoms with Gasteiger partial charge in [-0.05, 0) is 38.5 Å². The Morgan fingerprint density at radius 2 is 1.73 bits per heavy atom. The van der Waals surface area contributed by atoms with E-state index >= 15 is 0 Å². The lowest BCUT2D eigenvalue weighted by molar-refractivity contribution is 0.378. The van der Waals surface area contributed by atoms with Gasteiger partial charge in [0.15, 0.2) is 5.76 Å². The minimum absolute atomic E-state index is 0.162. The maximum absolute atomic E-state index is 13.0. The molecule has 0 aromatic carbocycles. The van der Waals surface area contributed by atoms with E-state index in [1.54, 1.807) is 20.0 Å². The van der Waals surface area contributed by atoms with Gasteiger partial charge in [0.2, 0.25) is 10.0 Å². The van der Waals surface area contributed by atoms with Crippen LogP contribution in [0.4, 0.5) is 17.5 Å². The van der Waals surface area contributed by atoms with Gasteiger partial charge in [-0.2, -0.15) is 4.31 Å². The molecule has 10 nitrogen and oxygen atoms in total. The minimum atomic E-state index is -3.64. The highest BCUT2D eigenvalue weighted by Crippen LogP contribution is 2.25. The van der Waals surface area contributed by atoms with Crippen molar-refractivity contribution >= 4 is 27.5 Å². The highest BCUT2D eigenvalue weighted by molar-refractivity contribution is 7.89. The van der Waals surface area contributed by atoms with Gasteiger partial charge in [-0.15, -0.1) is 0 Å². The molecule has 4 rings (SSSR count). The van der Waals surface area contributed by atoms with Crippen molar-refractivity contribution in [3.63, 3.8) is 0 Å². The van der Waals surface area contributed by atoms with E-state index in [2.05, 4.69) is 25.4 Å². The Balaban J connectivity index is 1.46. The highest BCUT2D eigenvalue weighted by Gasteiger charge is 2.33. The van der Waals surface area contributed by atoms with Crippen LogP contribution < -0.4 is 10.2 Å². The van der Waals surface area contributed by atoms with Crippen LogP contribution in [0.2, 0.25) is 0 Å². The van der Waals surface area contributed by atoms with Crippen LogP contribution in [0.3, 0.4) is 0 Å². The second-order valence-corrected chi connectivity index (χ2v) is 9.02. The van der Waals surface area contributed by atoms with E-state index in [0.29, 0.717) is 49.3 Å². The molecule has 11 heteroatoms. The van der Waals surface area contributed by atoms with E-state index < -0.39 is 10.0 Å². The number of sulfonamides is 1. The second kappa shape index (κ2) is 8.00. The normalized spacial score (nSPS) is 15.4. The Morgan fingerprint density at radius 3 is 2.40 bits per heavy atom. The molecule has 3 aromatic rings. The molecule has 0 radical (unpaired) electrons. The first-order chi connectivity index (χ1) is 14.3. The third-order valence-electron chi connectivity index (χ3n) is 4.95. The highest BCUT2D eigenvalue weighted by atomic mass is 32.2. The molecule has 0 spiro atoms. The van der Waals surface area contributed by atoms with Gasteiger partial charge in [0, 0.05) is 38.4 Å². The topological polar surface area (TPSA) is 117 Å². The summed E-state index contributed by atoms with van der Waals surface area (Å²) in [6.07, 6.45) is 3.22. The zero-order chi connectivity index (χ0) is 21.3. The number of anilines is 3. The first kappa shape index (κ1) is 20.2. The van der Waals surface area contributed by atoms with Crippen LogP contribution in [0.25, 0.3) is 0 Å². The van der Waals surface area contributed by atoms with Crippen molar-refractivity contribution in [1.82, 2.24) is 24.4 Å². The molecule has 0 unspecified atom stereocenters. The molecule has 0 saturated carbocycles. The number of nitrogens with zero attached hydrogens (tertiary/aromatic N) is 6. The predicted octanol–water partition coefficient (Wildman–Crippen LogP) is 2.04. The van der Waals surface area contributed by atoms with E-state index in [0.717, 1.165) is 11.4 Å². The fraction of sp³-hybridized carbons (Fsp3) is 0.368. The fourth-order valence-corrected chi connectivity index (χ4v) is 5.17. The molecule has 1 aliphatic rings. The van der Waals surface area contributed by atoms with E-state index in [9.17, 15) is 8.42 Å². The number of hydrogen-bond donors (Lipinski definition) is 1. The Bertz CT molecular complexity index is 1130. The van der Waals surface area contributed by atoms with Crippen LogP contribution in [0.1, 0.15) is 17.0 Å². The lowest BCUT2D eigenvalue weighted by Crippen LogP contribution is -2.49. The number of aryl methyl sites for hydroxylation is 3. The van der Waals surface area contributed by atoms with Crippen molar-refractivity contribution < 1.29 is 12.9 Å². The maximum atomic E-state index is 13.0. The number of aromatic nitrogens is 4. The van der Waals surface area contributed by atoms with Gasteiger partial charge in [0.1, 0.15) is 34.4 Å². The summed E-state index contributed by atoms with van der Waals surface area (Å²) < 4.78 is 32.5. The van der Waals surface area contributed by atoms with E-state index in [4.69, 9.17) is 4.52 Å². The molecule has 0 amide bonds. The maximum Gasteiger partial charge on any atom is 0.248 e. The average Bonchev–Trinajstić information content (AvgIpc) is 3.07. The molecule has 1 aliphatic heterocycles. The molecule has 4 heterocycles. The van der Waals surface area contributed by atoms with Crippen LogP contribution in [0.5, 0.6) is 0 Å². The number of pyridine rings is 1. The third kappa shape index (κ3) is 3.98. The molecule has 0 bridgehead atoms. The van der Waals surface area contributed by atoms with Gasteiger partial charge in [0.25, 0.3) is 0 Å². The third-order valence-corrected chi connectivity index (χ3v) is 7.10. The quantitative estimate of drug-likeness (QED) is 0.650.